The molecule has 1 atom stereocenters. The summed E-state index contributed by atoms with van der Waals surface area (Å²) in [5, 5.41) is 0.948. The smallest absolute Gasteiger partial charge is 0.170 e. The Labute approximate surface area is 74.3 Å². The zero-order valence-electron chi connectivity index (χ0n) is 6.69. The topological polar surface area (TPSA) is 51.8 Å². The molecular weight excluding hydrogens is 170 g/mol. The van der Waals surface area contributed by atoms with E-state index in [1.54, 1.807) is 17.5 Å². The molecule has 0 aliphatic heterocycles. The van der Waals surface area contributed by atoms with Gasteiger partial charge in [-0.2, -0.15) is 0 Å². The van der Waals surface area contributed by atoms with E-state index in [4.69, 9.17) is 5.73 Å². The fourth-order valence-electron chi connectivity index (χ4n) is 0.980. The lowest BCUT2D eigenvalue weighted by Gasteiger charge is -1.94. The summed E-state index contributed by atoms with van der Waals surface area (Å²) in [5.74, 6) is 0. The van der Waals surface area contributed by atoms with Gasteiger partial charge in [0.15, 0.2) is 5.65 Å². The molecule has 0 saturated heterocycles. The monoisotopic (exact) mass is 179 g/mol. The molecular formula is C8H9N3S. The fraction of sp³-hybridized carbons (Fsp3) is 0.250. The van der Waals surface area contributed by atoms with E-state index in [1.165, 1.54) is 0 Å². The van der Waals surface area contributed by atoms with E-state index in [2.05, 4.69) is 9.97 Å². The number of thiazole rings is 1. The number of nitrogens with two attached hydrogens (primary N) is 1. The number of aromatic nitrogens is 2. The second kappa shape index (κ2) is 2.80. The molecule has 2 aromatic rings. The van der Waals surface area contributed by atoms with Crippen molar-refractivity contribution in [3.8, 4) is 0 Å². The molecule has 0 radical (unpaired) electrons. The molecule has 4 heteroatoms. The van der Waals surface area contributed by atoms with Crippen LogP contribution in [0.2, 0.25) is 0 Å². The van der Waals surface area contributed by atoms with Gasteiger partial charge in [-0.05, 0) is 19.1 Å². The van der Waals surface area contributed by atoms with Crippen LogP contribution in [0.3, 0.4) is 0 Å². The van der Waals surface area contributed by atoms with Gasteiger partial charge in [0.25, 0.3) is 0 Å². The minimum Gasteiger partial charge on any atom is -0.322 e. The summed E-state index contributed by atoms with van der Waals surface area (Å²) in [6.07, 6.45) is 1.74. The third-order valence-electron chi connectivity index (χ3n) is 1.57. The molecule has 0 bridgehead atoms. The van der Waals surface area contributed by atoms with Crippen molar-refractivity contribution >= 4 is 21.7 Å². The summed E-state index contributed by atoms with van der Waals surface area (Å²) in [5.41, 5.74) is 6.50. The Morgan fingerprint density at radius 1 is 1.58 bits per heavy atom. The summed E-state index contributed by atoms with van der Waals surface area (Å²) < 4.78 is 1.10. The Hall–Kier alpha value is -1.000. The molecule has 2 N–H and O–H groups in total. The van der Waals surface area contributed by atoms with Crippen LogP contribution in [-0.2, 0) is 0 Å². The lowest BCUT2D eigenvalue weighted by Crippen LogP contribution is -2.03. The molecule has 1 unspecified atom stereocenters. The largest absolute Gasteiger partial charge is 0.322 e. The van der Waals surface area contributed by atoms with Crippen LogP contribution in [0.5, 0.6) is 0 Å². The van der Waals surface area contributed by atoms with Gasteiger partial charge in [0.1, 0.15) is 5.01 Å². The van der Waals surface area contributed by atoms with Crippen LogP contribution in [0.15, 0.2) is 18.3 Å². The minimum atomic E-state index is 0.00389. The highest BCUT2D eigenvalue weighted by Crippen LogP contribution is 2.23. The molecule has 2 heterocycles. The van der Waals surface area contributed by atoms with Gasteiger partial charge in [-0.15, -0.1) is 11.3 Å². The molecule has 0 aromatic carbocycles. The fourth-order valence-corrected chi connectivity index (χ4v) is 1.86. The summed E-state index contributed by atoms with van der Waals surface area (Å²) >= 11 is 1.61. The second-order valence-electron chi connectivity index (χ2n) is 2.67. The van der Waals surface area contributed by atoms with Crippen LogP contribution in [0.4, 0.5) is 0 Å². The van der Waals surface area contributed by atoms with Crippen molar-refractivity contribution in [3.05, 3.63) is 23.3 Å². The molecule has 0 saturated carbocycles. The van der Waals surface area contributed by atoms with E-state index < -0.39 is 0 Å². The Morgan fingerprint density at radius 3 is 3.08 bits per heavy atom. The lowest BCUT2D eigenvalue weighted by atomic mass is 10.4. The molecule has 3 nitrogen and oxygen atoms in total. The second-order valence-corrected chi connectivity index (χ2v) is 3.73. The first-order valence-corrected chi connectivity index (χ1v) is 4.56. The average Bonchev–Trinajstić information content (AvgIpc) is 2.46. The quantitative estimate of drug-likeness (QED) is 0.725. The van der Waals surface area contributed by atoms with Crippen molar-refractivity contribution in [3.63, 3.8) is 0 Å². The third-order valence-corrected chi connectivity index (χ3v) is 2.78. The summed E-state index contributed by atoms with van der Waals surface area (Å²) in [6, 6.07) is 3.92. The van der Waals surface area contributed by atoms with Gasteiger partial charge in [-0.25, -0.2) is 9.97 Å². The van der Waals surface area contributed by atoms with Gasteiger partial charge in [0.2, 0.25) is 0 Å². The number of hydrogen-bond donors (Lipinski definition) is 1. The maximum absolute atomic E-state index is 5.70. The van der Waals surface area contributed by atoms with Gasteiger partial charge >= 0.3 is 0 Å². The number of fused-ring (bicyclic) bond motifs is 1. The van der Waals surface area contributed by atoms with Gasteiger partial charge in [-0.1, -0.05) is 0 Å². The van der Waals surface area contributed by atoms with Crippen molar-refractivity contribution in [1.82, 2.24) is 9.97 Å². The highest BCUT2D eigenvalue weighted by atomic mass is 32.1. The zero-order valence-corrected chi connectivity index (χ0v) is 7.51. The number of pyridine rings is 1. The maximum atomic E-state index is 5.70. The third kappa shape index (κ3) is 1.19. The average molecular weight is 179 g/mol. The van der Waals surface area contributed by atoms with Crippen molar-refractivity contribution in [2.75, 3.05) is 0 Å². The molecule has 62 valence electrons. The molecule has 12 heavy (non-hydrogen) atoms. The van der Waals surface area contributed by atoms with Gasteiger partial charge in [0, 0.05) is 6.20 Å². The summed E-state index contributed by atoms with van der Waals surface area (Å²) in [4.78, 5) is 8.42. The van der Waals surface area contributed by atoms with Crippen molar-refractivity contribution in [2.45, 2.75) is 13.0 Å². The van der Waals surface area contributed by atoms with Crippen LogP contribution in [0.25, 0.3) is 10.3 Å². The Morgan fingerprint density at radius 2 is 2.42 bits per heavy atom. The number of rotatable bonds is 1. The SMILES string of the molecule is CC(N)c1nc2ncccc2s1. The number of hydrogen-bond acceptors (Lipinski definition) is 4. The van der Waals surface area contributed by atoms with E-state index >= 15 is 0 Å². The molecule has 0 aliphatic carbocycles. The van der Waals surface area contributed by atoms with Gasteiger partial charge < -0.3 is 5.73 Å². The van der Waals surface area contributed by atoms with E-state index in [0.29, 0.717) is 0 Å². The predicted molar refractivity (Wildman–Crippen MR) is 50.0 cm³/mol. The Kier molecular flexibility index (Phi) is 1.78. The van der Waals surface area contributed by atoms with Gasteiger partial charge in [0.05, 0.1) is 10.7 Å². The number of nitrogens with zero attached hydrogens (tertiary/aromatic N) is 2. The van der Waals surface area contributed by atoms with E-state index in [-0.39, 0.29) is 6.04 Å². The highest BCUT2D eigenvalue weighted by molar-refractivity contribution is 7.18. The molecule has 2 rings (SSSR count). The molecule has 0 amide bonds. The van der Waals surface area contributed by atoms with Crippen molar-refractivity contribution in [2.24, 2.45) is 5.73 Å². The molecule has 0 fully saturated rings. The maximum Gasteiger partial charge on any atom is 0.170 e. The molecule has 0 aliphatic rings. The molecule has 2 aromatic heterocycles. The van der Waals surface area contributed by atoms with Crippen LogP contribution >= 0.6 is 11.3 Å². The normalized spacial score (nSPS) is 13.5. The van der Waals surface area contributed by atoms with Crippen LogP contribution in [0.1, 0.15) is 18.0 Å². The van der Waals surface area contributed by atoms with E-state index in [0.717, 1.165) is 15.4 Å². The van der Waals surface area contributed by atoms with E-state index in [1.807, 2.05) is 19.1 Å². The lowest BCUT2D eigenvalue weighted by molar-refractivity contribution is 0.809. The first-order chi connectivity index (χ1) is 5.77. The van der Waals surface area contributed by atoms with Gasteiger partial charge in [-0.3, -0.25) is 0 Å². The zero-order chi connectivity index (χ0) is 8.55. The first-order valence-electron chi connectivity index (χ1n) is 3.74. The summed E-state index contributed by atoms with van der Waals surface area (Å²) in [6.45, 7) is 1.93. The minimum absolute atomic E-state index is 0.00389. The summed E-state index contributed by atoms with van der Waals surface area (Å²) in [7, 11) is 0. The Balaban J connectivity index is 2.62. The van der Waals surface area contributed by atoms with Crippen molar-refractivity contribution < 1.29 is 0 Å². The van der Waals surface area contributed by atoms with Crippen molar-refractivity contribution in [1.29, 1.82) is 0 Å². The van der Waals surface area contributed by atoms with Crippen LogP contribution in [-0.4, -0.2) is 9.97 Å². The molecule has 0 spiro atoms. The highest BCUT2D eigenvalue weighted by Gasteiger charge is 2.06. The standard InChI is InChI=1S/C8H9N3S/c1-5(9)8-11-7-6(12-8)3-2-4-10-7/h2-5H,9H2,1H3. The Bertz CT molecular complexity index is 361. The predicted octanol–water partition coefficient (Wildman–Crippen LogP) is 1.71. The van der Waals surface area contributed by atoms with E-state index in [9.17, 15) is 0 Å². The first kappa shape index (κ1) is 7.64. The van der Waals surface area contributed by atoms with Crippen LogP contribution < -0.4 is 5.73 Å². The van der Waals surface area contributed by atoms with Crippen LogP contribution in [0, 0.1) is 0 Å².